The van der Waals surface area contributed by atoms with Gasteiger partial charge >= 0.3 is 0 Å². The number of methoxy groups -OCH3 is 1. The molecule has 1 aliphatic rings. The van der Waals surface area contributed by atoms with Gasteiger partial charge in [0.15, 0.2) is 5.16 Å². The molecule has 0 bridgehead atoms. The molecular formula is C18H24N4O2S. The summed E-state index contributed by atoms with van der Waals surface area (Å²) >= 11 is 0. The van der Waals surface area contributed by atoms with Crippen molar-refractivity contribution >= 4 is 27.5 Å². The summed E-state index contributed by atoms with van der Waals surface area (Å²) in [7, 11) is 0.472. The van der Waals surface area contributed by atoms with Gasteiger partial charge in [-0.1, -0.05) is 19.1 Å². The van der Waals surface area contributed by atoms with Gasteiger partial charge in [-0.05, 0) is 31.2 Å². The molecule has 3 unspecified atom stereocenters. The molecule has 1 aliphatic heterocycles. The first-order valence-electron chi connectivity index (χ1n) is 8.47. The molecule has 2 heterocycles. The maximum Gasteiger partial charge on any atom is 0.197 e. The number of hydrogen-bond acceptors (Lipinski definition) is 5. The fraction of sp³-hybridized carbons (Fsp3) is 0.444. The van der Waals surface area contributed by atoms with Crippen LogP contribution in [0.1, 0.15) is 13.3 Å². The highest BCUT2D eigenvalue weighted by atomic mass is 32.2. The normalized spacial score (nSPS) is 21.4. The van der Waals surface area contributed by atoms with Crippen molar-refractivity contribution in [3.05, 3.63) is 36.5 Å². The van der Waals surface area contributed by atoms with Crippen LogP contribution in [0.25, 0.3) is 11.0 Å². The standard InChI is InChI=1S/C18H24N4O2S/c1-13-14(19-9-5-11-24-2)8-10-20-17(13)12-25(23)18-21-15-6-3-4-7-16(15)22-18/h3-4,6-8,10,13-14,19H,5,9,11-12H2,1-2H3,(H,21,22). The maximum absolute atomic E-state index is 12.7. The van der Waals surface area contributed by atoms with Crippen LogP contribution in [0.2, 0.25) is 0 Å². The predicted molar refractivity (Wildman–Crippen MR) is 101 cm³/mol. The van der Waals surface area contributed by atoms with Crippen molar-refractivity contribution in [1.82, 2.24) is 15.3 Å². The first-order valence-corrected chi connectivity index (χ1v) is 9.79. The van der Waals surface area contributed by atoms with E-state index in [-0.39, 0.29) is 12.0 Å². The van der Waals surface area contributed by atoms with E-state index in [1.54, 1.807) is 13.3 Å². The Bertz CT molecular complexity index is 766. The van der Waals surface area contributed by atoms with Gasteiger partial charge in [0.2, 0.25) is 0 Å². The Hall–Kier alpha value is -1.83. The van der Waals surface area contributed by atoms with E-state index < -0.39 is 10.8 Å². The van der Waals surface area contributed by atoms with E-state index in [4.69, 9.17) is 4.74 Å². The van der Waals surface area contributed by atoms with Gasteiger partial charge in [0.25, 0.3) is 0 Å². The van der Waals surface area contributed by atoms with E-state index in [0.717, 1.165) is 36.3 Å². The Morgan fingerprint density at radius 1 is 1.36 bits per heavy atom. The third-order valence-electron chi connectivity index (χ3n) is 4.37. The number of hydrogen-bond donors (Lipinski definition) is 2. The van der Waals surface area contributed by atoms with Gasteiger partial charge in [-0.2, -0.15) is 0 Å². The number of aromatic amines is 1. The van der Waals surface area contributed by atoms with E-state index in [1.807, 2.05) is 24.3 Å². The minimum atomic E-state index is -1.24. The monoisotopic (exact) mass is 360 g/mol. The van der Waals surface area contributed by atoms with Crippen LogP contribution in [0.4, 0.5) is 0 Å². The van der Waals surface area contributed by atoms with Gasteiger partial charge in [0.05, 0.1) is 27.6 Å². The number of H-pyrrole nitrogens is 1. The molecule has 3 rings (SSSR count). The van der Waals surface area contributed by atoms with Crippen LogP contribution in [0.3, 0.4) is 0 Å². The zero-order chi connectivity index (χ0) is 17.6. The van der Waals surface area contributed by atoms with Crippen LogP contribution in [-0.2, 0) is 15.5 Å². The molecule has 2 N–H and O–H groups in total. The highest BCUT2D eigenvalue weighted by Gasteiger charge is 2.24. The number of nitrogens with one attached hydrogen (secondary N) is 2. The lowest BCUT2D eigenvalue weighted by atomic mass is 9.95. The minimum absolute atomic E-state index is 0.195. The lowest BCUT2D eigenvalue weighted by Gasteiger charge is -2.26. The molecule has 2 aromatic rings. The minimum Gasteiger partial charge on any atom is -0.385 e. The van der Waals surface area contributed by atoms with Crippen LogP contribution in [0.5, 0.6) is 0 Å². The molecule has 0 saturated carbocycles. The molecule has 3 atom stereocenters. The largest absolute Gasteiger partial charge is 0.385 e. The summed E-state index contributed by atoms with van der Waals surface area (Å²) in [6.07, 6.45) is 4.83. The highest BCUT2D eigenvalue weighted by molar-refractivity contribution is 7.85. The van der Waals surface area contributed by atoms with Crippen LogP contribution in [0, 0.1) is 5.92 Å². The molecule has 7 heteroatoms. The van der Waals surface area contributed by atoms with Crippen LogP contribution >= 0.6 is 0 Å². The van der Waals surface area contributed by atoms with Gasteiger partial charge in [0, 0.05) is 37.6 Å². The smallest absolute Gasteiger partial charge is 0.197 e. The molecule has 0 saturated heterocycles. The third-order valence-corrected chi connectivity index (χ3v) is 5.55. The lowest BCUT2D eigenvalue weighted by Crippen LogP contribution is -2.40. The summed E-state index contributed by atoms with van der Waals surface area (Å²) in [6.45, 7) is 3.74. The average Bonchev–Trinajstić information content (AvgIpc) is 3.06. The van der Waals surface area contributed by atoms with Crippen LogP contribution in [0.15, 0.2) is 46.7 Å². The molecule has 0 fully saturated rings. The molecule has 6 nitrogen and oxygen atoms in total. The summed E-state index contributed by atoms with van der Waals surface area (Å²) in [6, 6.07) is 7.92. The van der Waals surface area contributed by atoms with Crippen molar-refractivity contribution in [3.63, 3.8) is 0 Å². The second kappa shape index (κ2) is 8.51. The number of para-hydroxylation sites is 2. The quantitative estimate of drug-likeness (QED) is 0.708. The van der Waals surface area contributed by atoms with E-state index in [1.165, 1.54) is 0 Å². The molecule has 1 aromatic heterocycles. The summed E-state index contributed by atoms with van der Waals surface area (Å²) < 4.78 is 17.8. The van der Waals surface area contributed by atoms with Crippen LogP contribution < -0.4 is 5.32 Å². The molecule has 0 amide bonds. The lowest BCUT2D eigenvalue weighted by molar-refractivity contribution is 0.193. The summed E-state index contributed by atoms with van der Waals surface area (Å²) in [4.78, 5) is 12.0. The fourth-order valence-electron chi connectivity index (χ4n) is 2.86. The van der Waals surface area contributed by atoms with Crippen molar-refractivity contribution < 1.29 is 8.95 Å². The van der Waals surface area contributed by atoms with Gasteiger partial charge in [-0.15, -0.1) is 0 Å². The third kappa shape index (κ3) is 4.42. The maximum atomic E-state index is 12.7. The molecule has 0 spiro atoms. The number of nitrogens with zero attached hydrogens (tertiary/aromatic N) is 2. The first kappa shape index (κ1) is 18.0. The Morgan fingerprint density at radius 3 is 3.00 bits per heavy atom. The summed E-state index contributed by atoms with van der Waals surface area (Å²) in [5.41, 5.74) is 2.68. The van der Waals surface area contributed by atoms with Crippen molar-refractivity contribution in [3.8, 4) is 0 Å². The average molecular weight is 360 g/mol. The van der Waals surface area contributed by atoms with E-state index in [9.17, 15) is 4.21 Å². The summed E-state index contributed by atoms with van der Waals surface area (Å²) in [5, 5.41) is 4.01. The highest BCUT2D eigenvalue weighted by Crippen LogP contribution is 2.17. The van der Waals surface area contributed by atoms with Gasteiger partial charge in [-0.3, -0.25) is 9.20 Å². The van der Waals surface area contributed by atoms with Crippen LogP contribution in [-0.4, -0.2) is 51.9 Å². The number of rotatable bonds is 8. The number of imidazole rings is 1. The number of aliphatic imine (C=N–C) groups is 1. The second-order valence-electron chi connectivity index (χ2n) is 6.13. The Balaban J connectivity index is 1.62. The molecule has 134 valence electrons. The fourth-order valence-corrected chi connectivity index (χ4v) is 4.03. The number of benzene rings is 1. The van der Waals surface area contributed by atoms with Crippen molar-refractivity contribution in [2.75, 3.05) is 26.0 Å². The Morgan fingerprint density at radius 2 is 2.20 bits per heavy atom. The van der Waals surface area contributed by atoms with Gasteiger partial charge < -0.3 is 15.0 Å². The SMILES string of the molecule is COCCCNC1C=CN=C(CS(=O)c2nc3ccccc3[nH]2)C1C. The molecular weight excluding hydrogens is 336 g/mol. The molecule has 25 heavy (non-hydrogen) atoms. The van der Waals surface area contributed by atoms with E-state index in [2.05, 4.69) is 33.3 Å². The van der Waals surface area contributed by atoms with Gasteiger partial charge in [-0.25, -0.2) is 4.98 Å². The number of fused-ring (bicyclic) bond motifs is 1. The topological polar surface area (TPSA) is 79.4 Å². The Kier molecular flexibility index (Phi) is 6.12. The molecule has 0 aliphatic carbocycles. The number of ether oxygens (including phenoxy) is 1. The van der Waals surface area contributed by atoms with Gasteiger partial charge in [0.1, 0.15) is 0 Å². The van der Waals surface area contributed by atoms with E-state index in [0.29, 0.717) is 10.9 Å². The van der Waals surface area contributed by atoms with Crippen molar-refractivity contribution in [2.24, 2.45) is 10.9 Å². The van der Waals surface area contributed by atoms with Crippen molar-refractivity contribution in [1.29, 1.82) is 0 Å². The number of aromatic nitrogens is 2. The molecule has 0 radical (unpaired) electrons. The Labute approximate surface area is 150 Å². The second-order valence-corrected chi connectivity index (χ2v) is 7.49. The summed E-state index contributed by atoms with van der Waals surface area (Å²) in [5.74, 6) is 0.586. The predicted octanol–water partition coefficient (Wildman–Crippen LogP) is 2.27. The zero-order valence-corrected chi connectivity index (χ0v) is 15.4. The van der Waals surface area contributed by atoms with Crippen molar-refractivity contribution in [2.45, 2.75) is 24.5 Å². The zero-order valence-electron chi connectivity index (χ0n) is 14.6. The molecule has 1 aromatic carbocycles. The van der Waals surface area contributed by atoms with E-state index >= 15 is 0 Å². The first-order chi connectivity index (χ1) is 12.2.